The number of methoxy groups -OCH3 is 1. The maximum absolute atomic E-state index is 12.3. The van der Waals surface area contributed by atoms with Crippen LogP contribution >= 0.6 is 11.6 Å². The van der Waals surface area contributed by atoms with Crippen molar-refractivity contribution in [2.45, 2.75) is 6.92 Å². The standard InChI is InChI=1S/C16H16ClNO3/c1-3-21-14-7-5-4-6-12(14)16(19)18-11-8-9-15(20-2)13(17)10-11/h4-10H,3H2,1-2H3,(H,18,19). The number of halogens is 1. The minimum absolute atomic E-state index is 0.250. The zero-order valence-electron chi connectivity index (χ0n) is 11.9. The normalized spacial score (nSPS) is 10.0. The highest BCUT2D eigenvalue weighted by atomic mass is 35.5. The molecule has 0 saturated heterocycles. The maximum atomic E-state index is 12.3. The highest BCUT2D eigenvalue weighted by Gasteiger charge is 2.12. The third-order valence-electron chi connectivity index (χ3n) is 2.84. The van der Waals surface area contributed by atoms with Crippen LogP contribution in [0.5, 0.6) is 11.5 Å². The van der Waals surface area contributed by atoms with E-state index in [4.69, 9.17) is 21.1 Å². The molecule has 0 heterocycles. The van der Waals surface area contributed by atoms with Gasteiger partial charge in [0.05, 0.1) is 24.3 Å². The van der Waals surface area contributed by atoms with Gasteiger partial charge in [0.1, 0.15) is 11.5 Å². The van der Waals surface area contributed by atoms with Gasteiger partial charge in [-0.05, 0) is 37.3 Å². The molecule has 0 fully saturated rings. The van der Waals surface area contributed by atoms with Gasteiger partial charge in [-0.15, -0.1) is 0 Å². The van der Waals surface area contributed by atoms with Crippen LogP contribution in [-0.2, 0) is 0 Å². The highest BCUT2D eigenvalue weighted by molar-refractivity contribution is 6.32. The first-order chi connectivity index (χ1) is 10.2. The smallest absolute Gasteiger partial charge is 0.259 e. The van der Waals surface area contributed by atoms with Crippen molar-refractivity contribution in [1.29, 1.82) is 0 Å². The molecule has 0 aliphatic rings. The Morgan fingerprint density at radius 2 is 1.95 bits per heavy atom. The number of anilines is 1. The van der Waals surface area contributed by atoms with E-state index in [0.29, 0.717) is 34.4 Å². The molecule has 0 aromatic heterocycles. The molecule has 21 heavy (non-hydrogen) atoms. The Morgan fingerprint density at radius 1 is 1.19 bits per heavy atom. The molecular weight excluding hydrogens is 290 g/mol. The van der Waals surface area contributed by atoms with Gasteiger partial charge >= 0.3 is 0 Å². The molecule has 0 radical (unpaired) electrons. The molecule has 1 N–H and O–H groups in total. The van der Waals surface area contributed by atoms with Crippen LogP contribution in [0.4, 0.5) is 5.69 Å². The minimum atomic E-state index is -0.250. The van der Waals surface area contributed by atoms with E-state index in [2.05, 4.69) is 5.32 Å². The van der Waals surface area contributed by atoms with E-state index in [0.717, 1.165) is 0 Å². The number of carbonyl (C=O) groups excluding carboxylic acids is 1. The summed E-state index contributed by atoms with van der Waals surface area (Å²) in [5, 5.41) is 3.23. The van der Waals surface area contributed by atoms with Crippen molar-refractivity contribution in [2.24, 2.45) is 0 Å². The van der Waals surface area contributed by atoms with E-state index >= 15 is 0 Å². The summed E-state index contributed by atoms with van der Waals surface area (Å²) in [6.45, 7) is 2.37. The number of hydrogen-bond donors (Lipinski definition) is 1. The van der Waals surface area contributed by atoms with E-state index in [9.17, 15) is 4.79 Å². The zero-order valence-corrected chi connectivity index (χ0v) is 12.6. The van der Waals surface area contributed by atoms with Gasteiger partial charge in [-0.25, -0.2) is 0 Å². The van der Waals surface area contributed by atoms with Crippen LogP contribution in [0.25, 0.3) is 0 Å². The molecule has 0 saturated carbocycles. The number of carbonyl (C=O) groups is 1. The Bertz CT molecular complexity index is 643. The molecule has 2 aromatic rings. The number of ether oxygens (including phenoxy) is 2. The van der Waals surface area contributed by atoms with Crippen molar-refractivity contribution >= 4 is 23.2 Å². The van der Waals surface area contributed by atoms with Crippen LogP contribution in [0.1, 0.15) is 17.3 Å². The number of benzene rings is 2. The third kappa shape index (κ3) is 3.67. The second-order valence-electron chi connectivity index (χ2n) is 4.23. The summed E-state index contributed by atoms with van der Waals surface area (Å²) in [5.74, 6) is 0.863. The SMILES string of the molecule is CCOc1ccccc1C(=O)Nc1ccc(OC)c(Cl)c1. The van der Waals surface area contributed by atoms with Crippen LogP contribution in [0.15, 0.2) is 42.5 Å². The lowest BCUT2D eigenvalue weighted by molar-refractivity contribution is 0.102. The van der Waals surface area contributed by atoms with E-state index in [1.807, 2.05) is 13.0 Å². The monoisotopic (exact) mass is 305 g/mol. The van der Waals surface area contributed by atoms with Gasteiger partial charge in [0, 0.05) is 5.69 Å². The molecule has 0 spiro atoms. The average molecular weight is 306 g/mol. The first-order valence-electron chi connectivity index (χ1n) is 6.52. The number of para-hydroxylation sites is 1. The van der Waals surface area contributed by atoms with Gasteiger partial charge in [0.15, 0.2) is 0 Å². The van der Waals surface area contributed by atoms with Crippen molar-refractivity contribution in [3.8, 4) is 11.5 Å². The molecule has 4 nitrogen and oxygen atoms in total. The van der Waals surface area contributed by atoms with Gasteiger partial charge in [0.25, 0.3) is 5.91 Å². The lowest BCUT2D eigenvalue weighted by Crippen LogP contribution is -2.13. The Hall–Kier alpha value is -2.20. The van der Waals surface area contributed by atoms with Crippen LogP contribution in [0, 0.1) is 0 Å². The molecule has 1 amide bonds. The zero-order chi connectivity index (χ0) is 15.2. The van der Waals surface area contributed by atoms with Crippen LogP contribution in [-0.4, -0.2) is 19.6 Å². The Balaban J connectivity index is 2.20. The van der Waals surface area contributed by atoms with Crippen molar-refractivity contribution in [2.75, 3.05) is 19.0 Å². The van der Waals surface area contributed by atoms with E-state index in [-0.39, 0.29) is 5.91 Å². The van der Waals surface area contributed by atoms with Gasteiger partial charge in [-0.3, -0.25) is 4.79 Å². The molecule has 0 bridgehead atoms. The first kappa shape index (κ1) is 15.2. The molecule has 2 aromatic carbocycles. The minimum Gasteiger partial charge on any atom is -0.495 e. The van der Waals surface area contributed by atoms with Crippen molar-refractivity contribution in [3.05, 3.63) is 53.1 Å². The molecular formula is C16H16ClNO3. The summed E-state index contributed by atoms with van der Waals surface area (Å²) in [7, 11) is 1.54. The lowest BCUT2D eigenvalue weighted by Gasteiger charge is -2.11. The van der Waals surface area contributed by atoms with Gasteiger partial charge < -0.3 is 14.8 Å². The second kappa shape index (κ2) is 6.99. The Morgan fingerprint density at radius 3 is 2.62 bits per heavy atom. The van der Waals surface area contributed by atoms with E-state index < -0.39 is 0 Å². The van der Waals surface area contributed by atoms with Crippen molar-refractivity contribution < 1.29 is 14.3 Å². The Kier molecular flexibility index (Phi) is 5.06. The largest absolute Gasteiger partial charge is 0.495 e. The molecule has 0 unspecified atom stereocenters. The molecule has 0 aliphatic heterocycles. The number of amides is 1. The second-order valence-corrected chi connectivity index (χ2v) is 4.64. The van der Waals surface area contributed by atoms with E-state index in [1.165, 1.54) is 7.11 Å². The van der Waals surface area contributed by atoms with Crippen molar-refractivity contribution in [1.82, 2.24) is 0 Å². The summed E-state index contributed by atoms with van der Waals surface area (Å²) >= 11 is 6.04. The highest BCUT2D eigenvalue weighted by Crippen LogP contribution is 2.28. The summed E-state index contributed by atoms with van der Waals surface area (Å²) < 4.78 is 10.5. The lowest BCUT2D eigenvalue weighted by atomic mass is 10.2. The Labute approximate surface area is 128 Å². The molecule has 2 rings (SSSR count). The summed E-state index contributed by atoms with van der Waals surface area (Å²) in [5.41, 5.74) is 1.07. The predicted molar refractivity (Wildman–Crippen MR) is 83.6 cm³/mol. The van der Waals surface area contributed by atoms with Crippen molar-refractivity contribution in [3.63, 3.8) is 0 Å². The van der Waals surface area contributed by atoms with Crippen LogP contribution in [0.3, 0.4) is 0 Å². The fourth-order valence-corrected chi connectivity index (χ4v) is 2.14. The van der Waals surface area contributed by atoms with Crippen LogP contribution in [0.2, 0.25) is 5.02 Å². The molecule has 5 heteroatoms. The number of nitrogens with one attached hydrogen (secondary N) is 1. The number of rotatable bonds is 5. The first-order valence-corrected chi connectivity index (χ1v) is 6.90. The summed E-state index contributed by atoms with van der Waals surface area (Å²) in [4.78, 5) is 12.3. The fraction of sp³-hybridized carbons (Fsp3) is 0.188. The fourth-order valence-electron chi connectivity index (χ4n) is 1.88. The van der Waals surface area contributed by atoms with Gasteiger partial charge in [-0.2, -0.15) is 0 Å². The van der Waals surface area contributed by atoms with E-state index in [1.54, 1.807) is 36.4 Å². The maximum Gasteiger partial charge on any atom is 0.259 e. The third-order valence-corrected chi connectivity index (χ3v) is 3.14. The molecule has 0 aliphatic carbocycles. The number of hydrogen-bond acceptors (Lipinski definition) is 3. The molecule has 110 valence electrons. The topological polar surface area (TPSA) is 47.6 Å². The molecule has 0 atom stereocenters. The predicted octanol–water partition coefficient (Wildman–Crippen LogP) is 4.00. The quantitative estimate of drug-likeness (QED) is 0.908. The summed E-state index contributed by atoms with van der Waals surface area (Å²) in [6.07, 6.45) is 0. The van der Waals surface area contributed by atoms with Gasteiger partial charge in [0.2, 0.25) is 0 Å². The average Bonchev–Trinajstić information content (AvgIpc) is 2.48. The summed E-state index contributed by atoms with van der Waals surface area (Å²) in [6, 6.07) is 12.2. The van der Waals surface area contributed by atoms with Crippen LogP contribution < -0.4 is 14.8 Å². The van der Waals surface area contributed by atoms with Gasteiger partial charge in [-0.1, -0.05) is 23.7 Å².